The average Bonchev–Trinajstić information content (AvgIpc) is 2.56. The van der Waals surface area contributed by atoms with E-state index in [-0.39, 0.29) is 5.91 Å². The molecule has 0 bridgehead atoms. The number of carbonyl (C=O) groups is 1. The molecule has 1 amide bonds. The van der Waals surface area contributed by atoms with Crippen LogP contribution in [0.4, 0.5) is 5.69 Å². The van der Waals surface area contributed by atoms with E-state index in [0.29, 0.717) is 0 Å². The summed E-state index contributed by atoms with van der Waals surface area (Å²) in [5, 5.41) is 0.764. The van der Waals surface area contributed by atoms with Crippen molar-refractivity contribution in [2.75, 3.05) is 31.1 Å². The van der Waals surface area contributed by atoms with Crippen LogP contribution in [0.3, 0.4) is 0 Å². The molecule has 3 rings (SSSR count). The minimum atomic E-state index is 0.106. The van der Waals surface area contributed by atoms with E-state index in [0.717, 1.165) is 42.5 Å². The summed E-state index contributed by atoms with van der Waals surface area (Å²) in [5.41, 5.74) is 1.80. The summed E-state index contributed by atoms with van der Waals surface area (Å²) in [7, 11) is 0. The van der Waals surface area contributed by atoms with Gasteiger partial charge in [0, 0.05) is 31.7 Å². The number of amides is 1. The molecule has 1 heterocycles. The van der Waals surface area contributed by atoms with Gasteiger partial charge in [-0.25, -0.2) is 0 Å². The Labute approximate surface area is 129 Å². The lowest BCUT2D eigenvalue weighted by Gasteiger charge is -2.36. The van der Waals surface area contributed by atoms with Crippen LogP contribution < -0.4 is 4.90 Å². The summed E-state index contributed by atoms with van der Waals surface area (Å²) in [5.74, 6) is 0.106. The van der Waals surface area contributed by atoms with Crippen LogP contribution in [0.2, 0.25) is 5.02 Å². The standard InChI is InChI=1S/C17H17ClN2O/c18-15-8-4-5-9-16(15)19-10-12-20(13-11-19)17(21)14-6-2-1-3-7-14/h1-9H,10-13H2. The molecule has 21 heavy (non-hydrogen) atoms. The predicted octanol–water partition coefficient (Wildman–Crippen LogP) is 3.30. The van der Waals surface area contributed by atoms with Gasteiger partial charge in [0.25, 0.3) is 5.91 Å². The van der Waals surface area contributed by atoms with Crippen LogP contribution in [0.5, 0.6) is 0 Å². The number of nitrogens with zero attached hydrogens (tertiary/aromatic N) is 2. The first kappa shape index (κ1) is 14.0. The molecule has 0 aromatic heterocycles. The maximum atomic E-state index is 12.4. The van der Waals surface area contributed by atoms with E-state index in [2.05, 4.69) is 4.90 Å². The van der Waals surface area contributed by atoms with Crippen LogP contribution >= 0.6 is 11.6 Å². The summed E-state index contributed by atoms with van der Waals surface area (Å²) in [6.07, 6.45) is 0. The number of hydrogen-bond donors (Lipinski definition) is 0. The van der Waals surface area contributed by atoms with Gasteiger partial charge in [0.05, 0.1) is 10.7 Å². The monoisotopic (exact) mass is 300 g/mol. The number of halogens is 1. The van der Waals surface area contributed by atoms with Crippen molar-refractivity contribution in [2.45, 2.75) is 0 Å². The summed E-state index contributed by atoms with van der Waals surface area (Å²) < 4.78 is 0. The highest BCUT2D eigenvalue weighted by Crippen LogP contribution is 2.26. The first-order valence-corrected chi connectivity index (χ1v) is 7.47. The van der Waals surface area contributed by atoms with Crippen molar-refractivity contribution in [2.24, 2.45) is 0 Å². The number of para-hydroxylation sites is 1. The van der Waals surface area contributed by atoms with Crippen molar-refractivity contribution in [3.05, 3.63) is 65.2 Å². The molecular formula is C17H17ClN2O. The lowest BCUT2D eigenvalue weighted by Crippen LogP contribution is -2.48. The van der Waals surface area contributed by atoms with Crippen LogP contribution in [0.1, 0.15) is 10.4 Å². The Bertz CT molecular complexity index is 622. The Morgan fingerprint density at radius 2 is 1.48 bits per heavy atom. The zero-order chi connectivity index (χ0) is 14.7. The fraction of sp³-hybridized carbons (Fsp3) is 0.235. The van der Waals surface area contributed by atoms with Gasteiger partial charge in [-0.05, 0) is 24.3 Å². The van der Waals surface area contributed by atoms with E-state index in [9.17, 15) is 4.79 Å². The highest BCUT2D eigenvalue weighted by atomic mass is 35.5. The highest BCUT2D eigenvalue weighted by molar-refractivity contribution is 6.33. The summed E-state index contributed by atoms with van der Waals surface area (Å²) >= 11 is 6.23. The minimum absolute atomic E-state index is 0.106. The fourth-order valence-corrected chi connectivity index (χ4v) is 2.88. The zero-order valence-electron chi connectivity index (χ0n) is 11.7. The van der Waals surface area contributed by atoms with Gasteiger partial charge in [-0.1, -0.05) is 41.9 Å². The molecule has 0 radical (unpaired) electrons. The third kappa shape index (κ3) is 3.03. The van der Waals surface area contributed by atoms with E-state index in [1.165, 1.54) is 0 Å². The van der Waals surface area contributed by atoms with E-state index < -0.39 is 0 Å². The molecular weight excluding hydrogens is 284 g/mol. The number of piperazine rings is 1. The summed E-state index contributed by atoms with van der Waals surface area (Å²) in [6.45, 7) is 3.06. The Balaban J connectivity index is 1.66. The molecule has 2 aromatic rings. The Kier molecular flexibility index (Phi) is 4.11. The van der Waals surface area contributed by atoms with Crippen molar-refractivity contribution >= 4 is 23.2 Å². The largest absolute Gasteiger partial charge is 0.367 e. The van der Waals surface area contributed by atoms with Crippen LogP contribution in [-0.4, -0.2) is 37.0 Å². The van der Waals surface area contributed by atoms with E-state index >= 15 is 0 Å². The second-order valence-electron chi connectivity index (χ2n) is 5.10. The number of hydrogen-bond acceptors (Lipinski definition) is 2. The number of rotatable bonds is 2. The molecule has 0 aliphatic carbocycles. The van der Waals surface area contributed by atoms with Gasteiger partial charge >= 0.3 is 0 Å². The highest BCUT2D eigenvalue weighted by Gasteiger charge is 2.22. The van der Waals surface area contributed by atoms with Crippen LogP contribution in [-0.2, 0) is 0 Å². The molecule has 0 N–H and O–H groups in total. The first-order valence-electron chi connectivity index (χ1n) is 7.09. The second-order valence-corrected chi connectivity index (χ2v) is 5.50. The molecule has 0 atom stereocenters. The molecule has 1 aliphatic heterocycles. The molecule has 1 fully saturated rings. The van der Waals surface area contributed by atoms with E-state index in [4.69, 9.17) is 11.6 Å². The maximum Gasteiger partial charge on any atom is 0.253 e. The van der Waals surface area contributed by atoms with E-state index in [1.807, 2.05) is 59.5 Å². The lowest BCUT2D eigenvalue weighted by molar-refractivity contribution is 0.0747. The van der Waals surface area contributed by atoms with Gasteiger partial charge in [-0.2, -0.15) is 0 Å². The number of anilines is 1. The Hall–Kier alpha value is -2.00. The van der Waals surface area contributed by atoms with Gasteiger partial charge in [-0.15, -0.1) is 0 Å². The molecule has 1 saturated heterocycles. The fourth-order valence-electron chi connectivity index (χ4n) is 2.62. The van der Waals surface area contributed by atoms with Crippen molar-refractivity contribution in [1.82, 2.24) is 4.90 Å². The van der Waals surface area contributed by atoms with Gasteiger partial charge in [0.1, 0.15) is 0 Å². The first-order chi connectivity index (χ1) is 10.3. The lowest BCUT2D eigenvalue weighted by atomic mass is 10.1. The SMILES string of the molecule is O=C(c1ccccc1)N1CCN(c2ccccc2Cl)CC1. The van der Waals surface area contributed by atoms with Gasteiger partial charge in [-0.3, -0.25) is 4.79 Å². The second kappa shape index (κ2) is 6.19. The van der Waals surface area contributed by atoms with Gasteiger partial charge in [0.15, 0.2) is 0 Å². The van der Waals surface area contributed by atoms with Crippen molar-refractivity contribution < 1.29 is 4.79 Å². The minimum Gasteiger partial charge on any atom is -0.367 e. The Morgan fingerprint density at radius 3 is 2.14 bits per heavy atom. The van der Waals surface area contributed by atoms with Gasteiger partial charge in [0.2, 0.25) is 0 Å². The maximum absolute atomic E-state index is 12.4. The molecule has 3 nitrogen and oxygen atoms in total. The van der Waals surface area contributed by atoms with Crippen molar-refractivity contribution in [3.63, 3.8) is 0 Å². The smallest absolute Gasteiger partial charge is 0.253 e. The van der Waals surface area contributed by atoms with Crippen molar-refractivity contribution in [3.8, 4) is 0 Å². The molecule has 108 valence electrons. The topological polar surface area (TPSA) is 23.6 Å². The zero-order valence-corrected chi connectivity index (χ0v) is 12.5. The van der Waals surface area contributed by atoms with Crippen LogP contribution in [0, 0.1) is 0 Å². The molecule has 0 unspecified atom stereocenters. The molecule has 0 saturated carbocycles. The molecule has 0 spiro atoms. The number of carbonyl (C=O) groups excluding carboxylic acids is 1. The molecule has 2 aromatic carbocycles. The normalized spacial score (nSPS) is 15.1. The summed E-state index contributed by atoms with van der Waals surface area (Å²) in [6, 6.07) is 17.3. The summed E-state index contributed by atoms with van der Waals surface area (Å²) in [4.78, 5) is 16.5. The predicted molar refractivity (Wildman–Crippen MR) is 86.0 cm³/mol. The Morgan fingerprint density at radius 1 is 0.857 bits per heavy atom. The van der Waals surface area contributed by atoms with Crippen molar-refractivity contribution in [1.29, 1.82) is 0 Å². The van der Waals surface area contributed by atoms with Gasteiger partial charge < -0.3 is 9.80 Å². The third-order valence-corrected chi connectivity index (χ3v) is 4.10. The van der Waals surface area contributed by atoms with Crippen LogP contribution in [0.15, 0.2) is 54.6 Å². The molecule has 1 aliphatic rings. The quantitative estimate of drug-likeness (QED) is 0.849. The van der Waals surface area contributed by atoms with E-state index in [1.54, 1.807) is 0 Å². The average molecular weight is 301 g/mol. The number of benzene rings is 2. The third-order valence-electron chi connectivity index (χ3n) is 3.78. The molecule has 4 heteroatoms. The van der Waals surface area contributed by atoms with Crippen LogP contribution in [0.25, 0.3) is 0 Å².